The highest BCUT2D eigenvalue weighted by molar-refractivity contribution is 5.69. The van der Waals surface area contributed by atoms with Crippen molar-refractivity contribution in [1.82, 2.24) is 4.98 Å². The third-order valence-corrected chi connectivity index (χ3v) is 2.29. The number of nitrogens with one attached hydrogen (secondary N) is 1. The molecule has 0 radical (unpaired) electrons. The molecule has 1 N–H and O–H groups in total. The van der Waals surface area contributed by atoms with E-state index in [1.54, 1.807) is 12.1 Å². The normalized spacial score (nSPS) is 9.28. The van der Waals surface area contributed by atoms with Gasteiger partial charge in [0.2, 0.25) is 0 Å². The molecule has 0 aliphatic heterocycles. The van der Waals surface area contributed by atoms with Crippen molar-refractivity contribution < 1.29 is 4.39 Å². The van der Waals surface area contributed by atoms with Gasteiger partial charge < -0.3 is 5.32 Å². The average Bonchev–Trinajstić information content (AvgIpc) is 2.41. The zero-order chi connectivity index (χ0) is 13.0. The third-order valence-electron chi connectivity index (χ3n) is 2.29. The first-order valence-corrected chi connectivity index (χ1v) is 5.06. The van der Waals surface area contributed by atoms with E-state index in [1.807, 2.05) is 12.1 Å². The second-order valence-electron chi connectivity index (χ2n) is 3.44. The van der Waals surface area contributed by atoms with Crippen LogP contribution in [0.2, 0.25) is 0 Å². The Morgan fingerprint density at radius 2 is 1.94 bits per heavy atom. The van der Waals surface area contributed by atoms with Crippen LogP contribution in [0.4, 0.5) is 15.8 Å². The van der Waals surface area contributed by atoms with Crippen molar-refractivity contribution in [1.29, 1.82) is 10.5 Å². The SMILES string of the molecule is N#Cc1cc(F)ccc1Nc1cccnc1C#N. The molecule has 4 nitrogen and oxygen atoms in total. The van der Waals surface area contributed by atoms with Crippen molar-refractivity contribution in [2.45, 2.75) is 0 Å². The quantitative estimate of drug-likeness (QED) is 0.872. The summed E-state index contributed by atoms with van der Waals surface area (Å²) in [6.07, 6.45) is 1.50. The van der Waals surface area contributed by atoms with E-state index in [2.05, 4.69) is 10.3 Å². The summed E-state index contributed by atoms with van der Waals surface area (Å²) in [5.74, 6) is -0.483. The fourth-order valence-corrected chi connectivity index (χ4v) is 1.46. The Bertz CT molecular complexity index is 667. The number of hydrogen-bond donors (Lipinski definition) is 1. The molecule has 0 unspecified atom stereocenters. The van der Waals surface area contributed by atoms with Crippen molar-refractivity contribution in [3.05, 3.63) is 53.6 Å². The minimum absolute atomic E-state index is 0.169. The van der Waals surface area contributed by atoms with E-state index in [0.717, 1.165) is 6.07 Å². The van der Waals surface area contributed by atoms with Crippen LogP contribution >= 0.6 is 0 Å². The highest BCUT2D eigenvalue weighted by atomic mass is 19.1. The maximum Gasteiger partial charge on any atom is 0.163 e. The van der Waals surface area contributed by atoms with Gasteiger partial charge in [0.1, 0.15) is 18.0 Å². The first-order chi connectivity index (χ1) is 8.74. The van der Waals surface area contributed by atoms with Crippen molar-refractivity contribution in [2.24, 2.45) is 0 Å². The van der Waals surface area contributed by atoms with Crippen LogP contribution in [0, 0.1) is 28.5 Å². The van der Waals surface area contributed by atoms with Gasteiger partial charge in [-0.3, -0.25) is 0 Å². The van der Waals surface area contributed by atoms with E-state index in [0.29, 0.717) is 11.4 Å². The number of aromatic nitrogens is 1. The molecule has 5 heteroatoms. The smallest absolute Gasteiger partial charge is 0.163 e. The lowest BCUT2D eigenvalue weighted by atomic mass is 10.1. The van der Waals surface area contributed by atoms with Crippen molar-refractivity contribution in [3.63, 3.8) is 0 Å². The molecule has 1 heterocycles. The maximum absolute atomic E-state index is 13.0. The summed E-state index contributed by atoms with van der Waals surface area (Å²) in [4.78, 5) is 3.89. The number of halogens is 1. The fourth-order valence-electron chi connectivity index (χ4n) is 1.46. The number of nitrogens with zero attached hydrogens (tertiary/aromatic N) is 3. The van der Waals surface area contributed by atoms with Crippen LogP contribution in [0.3, 0.4) is 0 Å². The molecule has 2 aromatic rings. The third kappa shape index (κ3) is 2.26. The number of anilines is 2. The summed E-state index contributed by atoms with van der Waals surface area (Å²) >= 11 is 0. The van der Waals surface area contributed by atoms with Crippen LogP contribution in [-0.2, 0) is 0 Å². The van der Waals surface area contributed by atoms with Crippen LogP contribution in [0.1, 0.15) is 11.3 Å². The molecule has 86 valence electrons. The summed E-state index contributed by atoms with van der Waals surface area (Å²) in [5.41, 5.74) is 1.29. The lowest BCUT2D eigenvalue weighted by Crippen LogP contribution is -1.98. The molecule has 0 saturated carbocycles. The summed E-state index contributed by atoms with van der Waals surface area (Å²) < 4.78 is 13.0. The number of rotatable bonds is 2. The standard InChI is InChI=1S/C13H7FN4/c14-10-3-4-11(9(6-10)7-15)18-12-2-1-5-17-13(12)8-16/h1-6,18H. The van der Waals surface area contributed by atoms with Crippen LogP contribution in [-0.4, -0.2) is 4.98 Å². The van der Waals surface area contributed by atoms with E-state index in [-0.39, 0.29) is 11.3 Å². The highest BCUT2D eigenvalue weighted by Gasteiger charge is 2.07. The van der Waals surface area contributed by atoms with Crippen LogP contribution < -0.4 is 5.32 Å². The average molecular weight is 238 g/mol. The van der Waals surface area contributed by atoms with E-state index >= 15 is 0 Å². The van der Waals surface area contributed by atoms with Gasteiger partial charge in [-0.05, 0) is 30.3 Å². The van der Waals surface area contributed by atoms with Crippen molar-refractivity contribution >= 4 is 11.4 Å². The molecule has 0 atom stereocenters. The van der Waals surface area contributed by atoms with E-state index in [1.165, 1.54) is 18.3 Å². The molecule has 2 rings (SSSR count). The van der Waals surface area contributed by atoms with Crippen LogP contribution in [0.25, 0.3) is 0 Å². The van der Waals surface area contributed by atoms with Gasteiger partial charge in [0.05, 0.1) is 16.9 Å². The molecule has 18 heavy (non-hydrogen) atoms. The van der Waals surface area contributed by atoms with Gasteiger partial charge in [0.15, 0.2) is 5.69 Å². The largest absolute Gasteiger partial charge is 0.352 e. The molecule has 1 aromatic carbocycles. The minimum atomic E-state index is -0.483. The monoisotopic (exact) mass is 238 g/mol. The van der Waals surface area contributed by atoms with Crippen LogP contribution in [0.5, 0.6) is 0 Å². The lowest BCUT2D eigenvalue weighted by Gasteiger charge is -2.08. The van der Waals surface area contributed by atoms with Gasteiger partial charge >= 0.3 is 0 Å². The molecule has 0 aliphatic carbocycles. The van der Waals surface area contributed by atoms with Gasteiger partial charge in [-0.1, -0.05) is 0 Å². The molecule has 0 aliphatic rings. The second kappa shape index (κ2) is 4.94. The second-order valence-corrected chi connectivity index (χ2v) is 3.44. The Hall–Kier alpha value is -2.92. The van der Waals surface area contributed by atoms with Gasteiger partial charge in [-0.2, -0.15) is 10.5 Å². The van der Waals surface area contributed by atoms with Crippen molar-refractivity contribution in [3.8, 4) is 12.1 Å². The number of pyridine rings is 1. The van der Waals surface area contributed by atoms with E-state index < -0.39 is 5.82 Å². The van der Waals surface area contributed by atoms with Crippen LogP contribution in [0.15, 0.2) is 36.5 Å². The molecular formula is C13H7FN4. The Kier molecular flexibility index (Phi) is 3.17. The summed E-state index contributed by atoms with van der Waals surface area (Å²) in [5, 5.41) is 20.7. The van der Waals surface area contributed by atoms with Crippen molar-refractivity contribution in [2.75, 3.05) is 5.32 Å². The predicted octanol–water partition coefficient (Wildman–Crippen LogP) is 2.71. The van der Waals surface area contributed by atoms with E-state index in [4.69, 9.17) is 10.5 Å². The number of nitriles is 2. The first-order valence-electron chi connectivity index (χ1n) is 5.06. The number of benzene rings is 1. The van der Waals surface area contributed by atoms with Gasteiger partial charge in [0.25, 0.3) is 0 Å². The summed E-state index contributed by atoms with van der Waals surface area (Å²) in [6, 6.07) is 11.0. The topological polar surface area (TPSA) is 72.5 Å². The first kappa shape index (κ1) is 11.6. The zero-order valence-corrected chi connectivity index (χ0v) is 9.18. The zero-order valence-electron chi connectivity index (χ0n) is 9.18. The molecule has 0 fully saturated rings. The Labute approximate surface area is 103 Å². The summed E-state index contributed by atoms with van der Waals surface area (Å²) in [7, 11) is 0. The Balaban J connectivity index is 2.41. The minimum Gasteiger partial charge on any atom is -0.352 e. The molecule has 0 amide bonds. The predicted molar refractivity (Wildman–Crippen MR) is 63.3 cm³/mol. The number of hydrogen-bond acceptors (Lipinski definition) is 4. The highest BCUT2D eigenvalue weighted by Crippen LogP contribution is 2.22. The lowest BCUT2D eigenvalue weighted by molar-refractivity contribution is 0.627. The Morgan fingerprint density at radius 3 is 2.67 bits per heavy atom. The van der Waals surface area contributed by atoms with E-state index in [9.17, 15) is 4.39 Å². The molecule has 1 aromatic heterocycles. The molecular weight excluding hydrogens is 231 g/mol. The van der Waals surface area contributed by atoms with Gasteiger partial charge in [0, 0.05) is 6.20 Å². The van der Waals surface area contributed by atoms with Gasteiger partial charge in [-0.25, -0.2) is 9.37 Å². The molecule has 0 bridgehead atoms. The molecule has 0 saturated heterocycles. The fraction of sp³-hybridized carbons (Fsp3) is 0. The Morgan fingerprint density at radius 1 is 1.11 bits per heavy atom. The molecule has 0 spiro atoms. The maximum atomic E-state index is 13.0. The summed E-state index contributed by atoms with van der Waals surface area (Å²) in [6.45, 7) is 0. The van der Waals surface area contributed by atoms with Gasteiger partial charge in [-0.15, -0.1) is 0 Å².